The average Bonchev–Trinajstić information content (AvgIpc) is 2.51. The van der Waals surface area contributed by atoms with Gasteiger partial charge in [0.15, 0.2) is 5.11 Å². The van der Waals surface area contributed by atoms with Crippen LogP contribution < -0.4 is 10.6 Å². The number of nitrogens with one attached hydrogen (secondary N) is 2. The van der Waals surface area contributed by atoms with Crippen LogP contribution >= 0.6 is 23.8 Å². The van der Waals surface area contributed by atoms with Gasteiger partial charge in [-0.2, -0.15) is 0 Å². The van der Waals surface area contributed by atoms with Crippen LogP contribution in [-0.4, -0.2) is 10.2 Å². The zero-order valence-electron chi connectivity index (χ0n) is 12.6. The maximum Gasteiger partial charge on any atom is 0.175 e. The van der Waals surface area contributed by atoms with Crippen LogP contribution in [0, 0.1) is 0 Å². The van der Waals surface area contributed by atoms with Crippen LogP contribution in [0.15, 0.2) is 36.4 Å². The first-order valence-corrected chi connectivity index (χ1v) is 8.01. The number of rotatable bonds is 4. The lowest BCUT2D eigenvalue weighted by Gasteiger charge is -2.17. The van der Waals surface area contributed by atoms with Gasteiger partial charge in [-0.3, -0.25) is 0 Å². The van der Waals surface area contributed by atoms with E-state index in [-0.39, 0.29) is 5.75 Å². The van der Waals surface area contributed by atoms with Crippen LogP contribution in [0.25, 0.3) is 0 Å². The van der Waals surface area contributed by atoms with E-state index in [1.54, 1.807) is 12.1 Å². The molecule has 0 aliphatic carbocycles. The van der Waals surface area contributed by atoms with E-state index in [1.165, 1.54) is 17.2 Å². The second-order valence-corrected chi connectivity index (χ2v) is 5.74. The van der Waals surface area contributed by atoms with E-state index in [9.17, 15) is 5.11 Å². The number of halogens is 1. The average molecular weight is 335 g/mol. The summed E-state index contributed by atoms with van der Waals surface area (Å²) in [5.41, 5.74) is 3.93. The van der Waals surface area contributed by atoms with Crippen LogP contribution in [0.3, 0.4) is 0 Å². The summed E-state index contributed by atoms with van der Waals surface area (Å²) in [6, 6.07) is 11.0. The minimum absolute atomic E-state index is 0.105. The molecular weight excluding hydrogens is 316 g/mol. The second-order valence-electron chi connectivity index (χ2n) is 4.90. The second kappa shape index (κ2) is 7.47. The van der Waals surface area contributed by atoms with Crippen molar-refractivity contribution in [3.63, 3.8) is 0 Å². The van der Waals surface area contributed by atoms with Crippen LogP contribution in [0.4, 0.5) is 11.4 Å². The monoisotopic (exact) mass is 334 g/mol. The SMILES string of the molecule is CCc1cccc(CC)c1NC(=S)Nc1cc(Cl)ccc1O. The molecule has 0 radical (unpaired) electrons. The van der Waals surface area contributed by atoms with Gasteiger partial charge in [0.25, 0.3) is 0 Å². The van der Waals surface area contributed by atoms with Crippen LogP contribution in [0.2, 0.25) is 5.02 Å². The fourth-order valence-corrected chi connectivity index (χ4v) is 2.66. The van der Waals surface area contributed by atoms with E-state index < -0.39 is 0 Å². The number of phenols is 1. The molecule has 0 fully saturated rings. The lowest BCUT2D eigenvalue weighted by molar-refractivity contribution is 0.478. The molecule has 2 aromatic carbocycles. The van der Waals surface area contributed by atoms with Crippen LogP contribution in [0.1, 0.15) is 25.0 Å². The molecular formula is C17H19ClN2OS. The van der Waals surface area contributed by atoms with E-state index in [0.29, 0.717) is 15.8 Å². The number of phenolic OH excluding ortho intramolecular Hbond substituents is 1. The largest absolute Gasteiger partial charge is 0.506 e. The number of thiocarbonyl (C=S) groups is 1. The van der Waals surface area contributed by atoms with Crippen molar-refractivity contribution in [3.05, 3.63) is 52.5 Å². The minimum Gasteiger partial charge on any atom is -0.506 e. The van der Waals surface area contributed by atoms with Gasteiger partial charge < -0.3 is 15.7 Å². The summed E-state index contributed by atoms with van der Waals surface area (Å²) in [5.74, 6) is 0.105. The van der Waals surface area contributed by atoms with Gasteiger partial charge in [-0.15, -0.1) is 0 Å². The summed E-state index contributed by atoms with van der Waals surface area (Å²) in [6.45, 7) is 4.22. The number of aromatic hydroxyl groups is 1. The number of para-hydroxylation sites is 1. The van der Waals surface area contributed by atoms with Crippen LogP contribution in [0.5, 0.6) is 5.75 Å². The molecule has 2 aromatic rings. The Morgan fingerprint density at radius 3 is 2.32 bits per heavy atom. The fraction of sp³-hybridized carbons (Fsp3) is 0.235. The molecule has 5 heteroatoms. The van der Waals surface area contributed by atoms with Gasteiger partial charge in [0.05, 0.1) is 5.69 Å². The highest BCUT2D eigenvalue weighted by Crippen LogP contribution is 2.27. The van der Waals surface area contributed by atoms with Crippen molar-refractivity contribution in [2.24, 2.45) is 0 Å². The fourth-order valence-electron chi connectivity index (χ4n) is 2.28. The molecule has 0 spiro atoms. The third-order valence-electron chi connectivity index (χ3n) is 3.44. The first kappa shape index (κ1) is 16.6. The van der Waals surface area contributed by atoms with E-state index >= 15 is 0 Å². The number of anilines is 2. The van der Waals surface area contributed by atoms with Crippen LogP contribution in [-0.2, 0) is 12.8 Å². The highest BCUT2D eigenvalue weighted by atomic mass is 35.5. The van der Waals surface area contributed by atoms with Gasteiger partial charge in [0, 0.05) is 10.7 Å². The Morgan fingerprint density at radius 2 is 1.73 bits per heavy atom. The molecule has 0 unspecified atom stereocenters. The molecule has 3 N–H and O–H groups in total. The van der Waals surface area contributed by atoms with Crippen molar-refractivity contribution in [1.82, 2.24) is 0 Å². The lowest BCUT2D eigenvalue weighted by Crippen LogP contribution is -2.21. The standard InChI is InChI=1S/C17H19ClN2OS/c1-3-11-6-5-7-12(4-2)16(11)20-17(22)19-14-10-13(18)8-9-15(14)21/h5-10,21H,3-4H2,1-2H3,(H2,19,20,22). The summed E-state index contributed by atoms with van der Waals surface area (Å²) < 4.78 is 0. The van der Waals surface area contributed by atoms with Crippen molar-refractivity contribution in [3.8, 4) is 5.75 Å². The van der Waals surface area contributed by atoms with Gasteiger partial charge >= 0.3 is 0 Å². The van der Waals surface area contributed by atoms with Crippen molar-refractivity contribution in [2.45, 2.75) is 26.7 Å². The Morgan fingerprint density at radius 1 is 1.09 bits per heavy atom. The first-order valence-electron chi connectivity index (χ1n) is 7.22. The Bertz CT molecular complexity index is 666. The Kier molecular flexibility index (Phi) is 5.63. The van der Waals surface area contributed by atoms with E-state index in [4.69, 9.17) is 23.8 Å². The quantitative estimate of drug-likeness (QED) is 0.545. The predicted octanol–water partition coefficient (Wildman–Crippen LogP) is 4.98. The third kappa shape index (κ3) is 3.90. The molecule has 0 saturated heterocycles. The maximum absolute atomic E-state index is 9.84. The summed E-state index contributed by atoms with van der Waals surface area (Å²) in [4.78, 5) is 0. The minimum atomic E-state index is 0.105. The molecule has 0 saturated carbocycles. The third-order valence-corrected chi connectivity index (χ3v) is 3.88. The topological polar surface area (TPSA) is 44.3 Å². The normalized spacial score (nSPS) is 10.3. The molecule has 22 heavy (non-hydrogen) atoms. The van der Waals surface area contributed by atoms with Gasteiger partial charge in [0.1, 0.15) is 5.75 Å². The van der Waals surface area contributed by atoms with E-state index in [0.717, 1.165) is 18.5 Å². The molecule has 116 valence electrons. The number of hydrogen-bond acceptors (Lipinski definition) is 2. The Balaban J connectivity index is 2.20. The molecule has 3 nitrogen and oxygen atoms in total. The van der Waals surface area contributed by atoms with Gasteiger partial charge in [-0.25, -0.2) is 0 Å². The van der Waals surface area contributed by atoms with Crippen molar-refractivity contribution < 1.29 is 5.11 Å². The molecule has 0 aliphatic rings. The van der Waals surface area contributed by atoms with Crippen molar-refractivity contribution in [2.75, 3.05) is 10.6 Å². The van der Waals surface area contributed by atoms with E-state index in [1.807, 2.05) is 0 Å². The molecule has 0 bridgehead atoms. The van der Waals surface area contributed by atoms with Gasteiger partial charge in [0.2, 0.25) is 0 Å². The molecule has 0 aliphatic heterocycles. The Labute approximate surface area is 141 Å². The number of benzene rings is 2. The zero-order chi connectivity index (χ0) is 16.1. The summed E-state index contributed by atoms with van der Waals surface area (Å²) in [6.07, 6.45) is 1.84. The molecule has 0 amide bonds. The van der Waals surface area contributed by atoms with Crippen molar-refractivity contribution in [1.29, 1.82) is 0 Å². The highest BCUT2D eigenvalue weighted by Gasteiger charge is 2.09. The van der Waals surface area contributed by atoms with E-state index in [2.05, 4.69) is 42.7 Å². The number of hydrogen-bond donors (Lipinski definition) is 3. The zero-order valence-corrected chi connectivity index (χ0v) is 14.2. The molecule has 2 rings (SSSR count). The Hall–Kier alpha value is -1.78. The molecule has 0 atom stereocenters. The lowest BCUT2D eigenvalue weighted by atomic mass is 10.0. The first-order chi connectivity index (χ1) is 10.5. The van der Waals surface area contributed by atoms with Crippen molar-refractivity contribution >= 4 is 40.3 Å². The summed E-state index contributed by atoms with van der Waals surface area (Å²) >= 11 is 11.3. The predicted molar refractivity (Wildman–Crippen MR) is 98.2 cm³/mol. The molecule has 0 aromatic heterocycles. The summed E-state index contributed by atoms with van der Waals surface area (Å²) in [5, 5.41) is 17.0. The highest BCUT2D eigenvalue weighted by molar-refractivity contribution is 7.80. The van der Waals surface area contributed by atoms with Gasteiger partial charge in [-0.05, 0) is 54.4 Å². The molecule has 0 heterocycles. The van der Waals surface area contributed by atoms with Gasteiger partial charge in [-0.1, -0.05) is 43.6 Å². The maximum atomic E-state index is 9.84. The smallest absolute Gasteiger partial charge is 0.175 e. The summed E-state index contributed by atoms with van der Waals surface area (Å²) in [7, 11) is 0. The number of aryl methyl sites for hydroxylation is 2.